The molecule has 84 valence electrons. The number of hydrogen-bond donors (Lipinski definition) is 1. The van der Waals surface area contributed by atoms with E-state index < -0.39 is 0 Å². The molecular formula is C12H14N2O2. The van der Waals surface area contributed by atoms with E-state index in [0.717, 1.165) is 18.1 Å². The van der Waals surface area contributed by atoms with E-state index in [1.165, 1.54) is 5.56 Å². The van der Waals surface area contributed by atoms with Crippen LogP contribution in [0.15, 0.2) is 41.1 Å². The summed E-state index contributed by atoms with van der Waals surface area (Å²) in [6.45, 7) is 1.24. The number of benzene rings is 1. The third-order valence-electron chi connectivity index (χ3n) is 2.15. The molecule has 0 aliphatic heterocycles. The predicted molar refractivity (Wildman–Crippen MR) is 60.0 cm³/mol. The Morgan fingerprint density at radius 2 is 2.31 bits per heavy atom. The van der Waals surface area contributed by atoms with E-state index in [9.17, 15) is 0 Å². The van der Waals surface area contributed by atoms with Crippen LogP contribution in [0.1, 0.15) is 11.3 Å². The van der Waals surface area contributed by atoms with Crippen molar-refractivity contribution in [3.05, 3.63) is 47.9 Å². The van der Waals surface area contributed by atoms with Gasteiger partial charge in [0, 0.05) is 12.6 Å². The highest BCUT2D eigenvalue weighted by atomic mass is 16.5. The first kappa shape index (κ1) is 10.7. The van der Waals surface area contributed by atoms with Crippen molar-refractivity contribution in [2.75, 3.05) is 7.05 Å². The van der Waals surface area contributed by atoms with Gasteiger partial charge in [-0.2, -0.15) is 0 Å². The third-order valence-corrected chi connectivity index (χ3v) is 2.15. The first-order chi connectivity index (χ1) is 7.88. The molecule has 0 fully saturated rings. The zero-order chi connectivity index (χ0) is 11.2. The Labute approximate surface area is 94.2 Å². The fourth-order valence-electron chi connectivity index (χ4n) is 1.42. The van der Waals surface area contributed by atoms with Crippen molar-refractivity contribution in [1.82, 2.24) is 10.5 Å². The minimum absolute atomic E-state index is 0.406. The Bertz CT molecular complexity index is 426. The number of ether oxygens (including phenoxy) is 1. The lowest BCUT2D eigenvalue weighted by Gasteiger charge is -2.06. The van der Waals surface area contributed by atoms with E-state index in [1.54, 1.807) is 12.3 Å². The summed E-state index contributed by atoms with van der Waals surface area (Å²) in [7, 11) is 1.92. The fourth-order valence-corrected chi connectivity index (χ4v) is 1.42. The summed E-state index contributed by atoms with van der Waals surface area (Å²) < 4.78 is 10.5. The maximum atomic E-state index is 5.58. The molecule has 0 aliphatic rings. The summed E-state index contributed by atoms with van der Waals surface area (Å²) in [4.78, 5) is 0. The van der Waals surface area contributed by atoms with Gasteiger partial charge in [0.2, 0.25) is 0 Å². The SMILES string of the molecule is CNCc1cccc(OCc2ccno2)c1. The monoisotopic (exact) mass is 218 g/mol. The standard InChI is InChI=1S/C12H14N2O2/c1-13-8-10-3-2-4-11(7-10)15-9-12-5-6-14-16-12/h2-7,13H,8-9H2,1H3. The number of aromatic nitrogens is 1. The summed E-state index contributed by atoms with van der Waals surface area (Å²) in [5.74, 6) is 1.56. The number of nitrogens with zero attached hydrogens (tertiary/aromatic N) is 1. The number of nitrogens with one attached hydrogen (secondary N) is 1. The molecule has 4 heteroatoms. The van der Waals surface area contributed by atoms with E-state index in [0.29, 0.717) is 6.61 Å². The summed E-state index contributed by atoms with van der Waals surface area (Å²) in [6, 6.07) is 9.75. The molecule has 0 saturated carbocycles. The van der Waals surface area contributed by atoms with Crippen molar-refractivity contribution in [2.45, 2.75) is 13.2 Å². The molecule has 0 radical (unpaired) electrons. The smallest absolute Gasteiger partial charge is 0.174 e. The first-order valence-electron chi connectivity index (χ1n) is 5.14. The van der Waals surface area contributed by atoms with Gasteiger partial charge in [0.1, 0.15) is 12.4 Å². The number of rotatable bonds is 5. The highest BCUT2D eigenvalue weighted by Gasteiger charge is 1.99. The van der Waals surface area contributed by atoms with Crippen molar-refractivity contribution >= 4 is 0 Å². The topological polar surface area (TPSA) is 47.3 Å². The number of hydrogen-bond acceptors (Lipinski definition) is 4. The van der Waals surface area contributed by atoms with Gasteiger partial charge in [0.05, 0.1) is 6.20 Å². The third kappa shape index (κ3) is 2.84. The Hall–Kier alpha value is -1.81. The second kappa shape index (κ2) is 5.32. The zero-order valence-electron chi connectivity index (χ0n) is 9.14. The molecule has 0 saturated heterocycles. The molecule has 4 nitrogen and oxygen atoms in total. The lowest BCUT2D eigenvalue weighted by atomic mass is 10.2. The average molecular weight is 218 g/mol. The molecular weight excluding hydrogens is 204 g/mol. The minimum atomic E-state index is 0.406. The lowest BCUT2D eigenvalue weighted by molar-refractivity contribution is 0.249. The largest absolute Gasteiger partial charge is 0.486 e. The predicted octanol–water partition coefficient (Wildman–Crippen LogP) is 1.97. The molecule has 2 aromatic rings. The zero-order valence-corrected chi connectivity index (χ0v) is 9.14. The van der Waals surface area contributed by atoms with Crippen LogP contribution in [-0.4, -0.2) is 12.2 Å². The Morgan fingerprint density at radius 1 is 1.38 bits per heavy atom. The average Bonchev–Trinajstić information content (AvgIpc) is 2.80. The van der Waals surface area contributed by atoms with Crippen LogP contribution >= 0.6 is 0 Å². The molecule has 0 aliphatic carbocycles. The second-order valence-corrected chi connectivity index (χ2v) is 3.45. The van der Waals surface area contributed by atoms with Gasteiger partial charge >= 0.3 is 0 Å². The highest BCUT2D eigenvalue weighted by Crippen LogP contribution is 2.14. The molecule has 16 heavy (non-hydrogen) atoms. The summed E-state index contributed by atoms with van der Waals surface area (Å²) in [5.41, 5.74) is 1.19. The highest BCUT2D eigenvalue weighted by molar-refractivity contribution is 5.28. The van der Waals surface area contributed by atoms with Gasteiger partial charge in [-0.15, -0.1) is 0 Å². The van der Waals surface area contributed by atoms with Gasteiger partial charge < -0.3 is 14.6 Å². The van der Waals surface area contributed by atoms with Crippen molar-refractivity contribution in [2.24, 2.45) is 0 Å². The van der Waals surface area contributed by atoms with Crippen molar-refractivity contribution < 1.29 is 9.26 Å². The summed E-state index contributed by atoms with van der Waals surface area (Å²) in [5, 5.41) is 6.71. The first-order valence-corrected chi connectivity index (χ1v) is 5.14. The molecule has 0 spiro atoms. The van der Waals surface area contributed by atoms with Gasteiger partial charge in [0.25, 0.3) is 0 Å². The lowest BCUT2D eigenvalue weighted by Crippen LogP contribution is -2.05. The molecule has 1 aromatic carbocycles. The molecule has 0 atom stereocenters. The van der Waals surface area contributed by atoms with E-state index in [1.807, 2.05) is 25.2 Å². The quantitative estimate of drug-likeness (QED) is 0.833. The van der Waals surface area contributed by atoms with Crippen LogP contribution in [0.25, 0.3) is 0 Å². The maximum Gasteiger partial charge on any atom is 0.174 e. The maximum absolute atomic E-state index is 5.58. The normalized spacial score (nSPS) is 10.3. The minimum Gasteiger partial charge on any atom is -0.486 e. The van der Waals surface area contributed by atoms with Crippen LogP contribution in [0.3, 0.4) is 0 Å². The van der Waals surface area contributed by atoms with Gasteiger partial charge in [-0.1, -0.05) is 17.3 Å². The molecule has 2 rings (SSSR count). The Balaban J connectivity index is 1.96. The van der Waals surface area contributed by atoms with Crippen molar-refractivity contribution in [3.63, 3.8) is 0 Å². The molecule has 0 unspecified atom stereocenters. The van der Waals surface area contributed by atoms with Crippen LogP contribution in [0.2, 0.25) is 0 Å². The molecule has 0 bridgehead atoms. The molecule has 0 amide bonds. The van der Waals surface area contributed by atoms with E-state index in [-0.39, 0.29) is 0 Å². The fraction of sp³-hybridized carbons (Fsp3) is 0.250. The van der Waals surface area contributed by atoms with Crippen LogP contribution in [0, 0.1) is 0 Å². The van der Waals surface area contributed by atoms with Crippen molar-refractivity contribution in [3.8, 4) is 5.75 Å². The second-order valence-electron chi connectivity index (χ2n) is 3.45. The van der Waals surface area contributed by atoms with Crippen LogP contribution in [0.4, 0.5) is 0 Å². The summed E-state index contributed by atoms with van der Waals surface area (Å²) in [6.07, 6.45) is 1.61. The van der Waals surface area contributed by atoms with Crippen LogP contribution in [0.5, 0.6) is 5.75 Å². The van der Waals surface area contributed by atoms with Gasteiger partial charge in [-0.05, 0) is 24.7 Å². The van der Waals surface area contributed by atoms with E-state index in [4.69, 9.17) is 9.26 Å². The van der Waals surface area contributed by atoms with E-state index in [2.05, 4.69) is 16.5 Å². The Morgan fingerprint density at radius 3 is 3.06 bits per heavy atom. The molecule has 1 heterocycles. The van der Waals surface area contributed by atoms with Crippen molar-refractivity contribution in [1.29, 1.82) is 0 Å². The molecule has 1 N–H and O–H groups in total. The van der Waals surface area contributed by atoms with E-state index >= 15 is 0 Å². The summed E-state index contributed by atoms with van der Waals surface area (Å²) >= 11 is 0. The Kier molecular flexibility index (Phi) is 3.56. The van der Waals surface area contributed by atoms with Crippen LogP contribution < -0.4 is 10.1 Å². The van der Waals surface area contributed by atoms with Gasteiger partial charge in [0.15, 0.2) is 5.76 Å². The van der Waals surface area contributed by atoms with Gasteiger partial charge in [-0.25, -0.2) is 0 Å². The van der Waals surface area contributed by atoms with Gasteiger partial charge in [-0.3, -0.25) is 0 Å². The van der Waals surface area contributed by atoms with Crippen LogP contribution in [-0.2, 0) is 13.2 Å². The molecule has 1 aromatic heterocycles.